The average Bonchev–Trinajstić information content (AvgIpc) is 3.16. The van der Waals surface area contributed by atoms with Crippen molar-refractivity contribution >= 4 is 23.8 Å². The Balaban J connectivity index is 1.10. The van der Waals surface area contributed by atoms with E-state index in [2.05, 4.69) is 34.9 Å². The zero-order valence-electron chi connectivity index (χ0n) is 18.0. The minimum absolute atomic E-state index is 0.0320. The third-order valence-corrected chi connectivity index (χ3v) is 5.87. The minimum Gasteiger partial charge on any atom is -0.482 e. The van der Waals surface area contributed by atoms with Gasteiger partial charge in [0, 0.05) is 12.5 Å². The molecule has 6 nitrogen and oxygen atoms in total. The number of hydrogen-bond acceptors (Lipinski definition) is 4. The van der Waals surface area contributed by atoms with Gasteiger partial charge in [0.05, 0.1) is 5.69 Å². The van der Waals surface area contributed by atoms with E-state index in [9.17, 15) is 9.59 Å². The number of ether oxygens (including phenoxy) is 2. The van der Waals surface area contributed by atoms with E-state index in [4.69, 9.17) is 9.47 Å². The highest BCUT2D eigenvalue weighted by Gasteiger charge is 2.28. The molecule has 0 saturated carbocycles. The first-order chi connectivity index (χ1) is 16.2. The molecule has 3 aromatic rings. The predicted molar refractivity (Wildman–Crippen MR) is 127 cm³/mol. The van der Waals surface area contributed by atoms with E-state index in [1.54, 1.807) is 0 Å². The van der Waals surface area contributed by atoms with Crippen LogP contribution in [0.1, 0.15) is 29.0 Å². The van der Waals surface area contributed by atoms with Crippen molar-refractivity contribution in [3.63, 3.8) is 0 Å². The molecule has 0 unspecified atom stereocenters. The molecule has 2 amide bonds. The Morgan fingerprint density at radius 1 is 1.06 bits per heavy atom. The zero-order valence-corrected chi connectivity index (χ0v) is 18.0. The maximum atomic E-state index is 12.2. The lowest BCUT2D eigenvalue weighted by atomic mass is 9.98. The fourth-order valence-corrected chi connectivity index (χ4v) is 4.32. The van der Waals surface area contributed by atoms with Crippen molar-refractivity contribution in [3.8, 4) is 16.9 Å². The molecule has 0 bridgehead atoms. The summed E-state index contributed by atoms with van der Waals surface area (Å²) >= 11 is 0. The molecule has 6 heteroatoms. The molecule has 166 valence electrons. The van der Waals surface area contributed by atoms with Crippen molar-refractivity contribution in [3.05, 3.63) is 89.5 Å². The van der Waals surface area contributed by atoms with Crippen LogP contribution in [-0.4, -0.2) is 31.8 Å². The van der Waals surface area contributed by atoms with E-state index >= 15 is 0 Å². The highest BCUT2D eigenvalue weighted by molar-refractivity contribution is 5.95. The van der Waals surface area contributed by atoms with Crippen molar-refractivity contribution in [2.45, 2.75) is 12.3 Å². The summed E-state index contributed by atoms with van der Waals surface area (Å²) in [5.74, 6) is 0.567. The number of amides is 2. The Morgan fingerprint density at radius 2 is 1.79 bits per heavy atom. The largest absolute Gasteiger partial charge is 0.482 e. The highest BCUT2D eigenvalue weighted by Crippen LogP contribution is 2.44. The van der Waals surface area contributed by atoms with Crippen LogP contribution in [0.25, 0.3) is 17.2 Å². The summed E-state index contributed by atoms with van der Waals surface area (Å²) in [7, 11) is 0. The number of rotatable bonds is 6. The molecule has 1 heterocycles. The van der Waals surface area contributed by atoms with Gasteiger partial charge in [0.25, 0.3) is 5.91 Å². The summed E-state index contributed by atoms with van der Waals surface area (Å²) in [6.07, 6.45) is 4.19. The van der Waals surface area contributed by atoms with Gasteiger partial charge < -0.3 is 20.1 Å². The Bertz CT molecular complexity index is 1190. The molecule has 0 fully saturated rings. The lowest BCUT2D eigenvalue weighted by Gasteiger charge is -2.17. The molecule has 2 aliphatic rings. The predicted octanol–water partition coefficient (Wildman–Crippen LogP) is 4.96. The van der Waals surface area contributed by atoms with E-state index < -0.39 is 6.09 Å². The number of carbonyl (C=O) groups is 2. The monoisotopic (exact) mass is 440 g/mol. The van der Waals surface area contributed by atoms with E-state index in [1.807, 2.05) is 54.6 Å². The standard InChI is InChI=1S/C27H24N2O4/c30-26-17-32-25-15-18(12-13-24(25)29-26)7-5-6-14-28-27(31)33-16-23-21-10-3-1-8-19(21)20-9-2-4-11-22(20)23/h1-5,7-13,15,23H,6,14,16-17H2,(H,28,31)(H,29,30). The lowest BCUT2D eigenvalue weighted by Crippen LogP contribution is -2.26. The highest BCUT2D eigenvalue weighted by atomic mass is 16.5. The van der Waals surface area contributed by atoms with Gasteiger partial charge in [-0.3, -0.25) is 4.79 Å². The molecule has 3 aromatic carbocycles. The molecule has 0 spiro atoms. The smallest absolute Gasteiger partial charge is 0.407 e. The van der Waals surface area contributed by atoms with Crippen LogP contribution < -0.4 is 15.4 Å². The molecule has 33 heavy (non-hydrogen) atoms. The van der Waals surface area contributed by atoms with Gasteiger partial charge in [0.1, 0.15) is 12.4 Å². The third-order valence-electron chi connectivity index (χ3n) is 5.87. The van der Waals surface area contributed by atoms with Crippen molar-refractivity contribution < 1.29 is 19.1 Å². The summed E-state index contributed by atoms with van der Waals surface area (Å²) in [6, 6.07) is 22.2. The molecule has 1 aliphatic carbocycles. The van der Waals surface area contributed by atoms with Crippen molar-refractivity contribution in [1.82, 2.24) is 5.32 Å². The van der Waals surface area contributed by atoms with Crippen LogP contribution in [0.3, 0.4) is 0 Å². The fourth-order valence-electron chi connectivity index (χ4n) is 4.32. The quantitative estimate of drug-likeness (QED) is 0.531. The molecule has 0 aromatic heterocycles. The molecule has 0 radical (unpaired) electrons. The number of carbonyl (C=O) groups excluding carboxylic acids is 2. The van der Waals surface area contributed by atoms with Gasteiger partial charge in [-0.05, 0) is 46.4 Å². The maximum absolute atomic E-state index is 12.2. The molecule has 0 saturated heterocycles. The van der Waals surface area contributed by atoms with Gasteiger partial charge in [0.15, 0.2) is 6.61 Å². The summed E-state index contributed by atoms with van der Waals surface area (Å²) in [5, 5.41) is 5.58. The van der Waals surface area contributed by atoms with Crippen LogP contribution in [0.15, 0.2) is 72.8 Å². The SMILES string of the molecule is O=C1COc2cc(C=CCCNC(=O)OCC3c4ccccc4-c4ccccc43)ccc2N1. The Morgan fingerprint density at radius 3 is 2.55 bits per heavy atom. The molecule has 0 atom stereocenters. The topological polar surface area (TPSA) is 76.7 Å². The Kier molecular flexibility index (Phi) is 5.81. The van der Waals surface area contributed by atoms with Crippen LogP contribution in [0.5, 0.6) is 5.75 Å². The van der Waals surface area contributed by atoms with Crippen LogP contribution in [0.4, 0.5) is 10.5 Å². The normalized spacial score (nSPS) is 14.1. The number of fused-ring (bicyclic) bond motifs is 4. The van der Waals surface area contributed by atoms with Crippen LogP contribution >= 0.6 is 0 Å². The van der Waals surface area contributed by atoms with E-state index in [0.29, 0.717) is 31.0 Å². The van der Waals surface area contributed by atoms with E-state index in [0.717, 1.165) is 5.56 Å². The van der Waals surface area contributed by atoms with Crippen LogP contribution in [0, 0.1) is 0 Å². The van der Waals surface area contributed by atoms with Crippen LogP contribution in [-0.2, 0) is 9.53 Å². The average molecular weight is 440 g/mol. The van der Waals surface area contributed by atoms with Gasteiger partial charge in [-0.1, -0.05) is 66.7 Å². The molecule has 5 rings (SSSR count). The maximum Gasteiger partial charge on any atom is 0.407 e. The third kappa shape index (κ3) is 4.46. The van der Waals surface area contributed by atoms with Gasteiger partial charge in [0.2, 0.25) is 0 Å². The molecular weight excluding hydrogens is 416 g/mol. The Labute approximate surface area is 192 Å². The second-order valence-corrected chi connectivity index (χ2v) is 8.04. The number of hydrogen-bond donors (Lipinski definition) is 2. The second kappa shape index (κ2) is 9.20. The first kappa shape index (κ1) is 20.8. The summed E-state index contributed by atoms with van der Waals surface area (Å²) in [4.78, 5) is 23.6. The van der Waals surface area contributed by atoms with Crippen molar-refractivity contribution in [2.24, 2.45) is 0 Å². The molecular formula is C27H24N2O4. The fraction of sp³-hybridized carbons (Fsp3) is 0.185. The van der Waals surface area contributed by atoms with Crippen LogP contribution in [0.2, 0.25) is 0 Å². The van der Waals surface area contributed by atoms with Crippen molar-refractivity contribution in [1.29, 1.82) is 0 Å². The van der Waals surface area contributed by atoms with Gasteiger partial charge in [-0.2, -0.15) is 0 Å². The van der Waals surface area contributed by atoms with Gasteiger partial charge >= 0.3 is 6.09 Å². The van der Waals surface area contributed by atoms with Crippen molar-refractivity contribution in [2.75, 3.05) is 25.1 Å². The zero-order chi connectivity index (χ0) is 22.6. The summed E-state index contributed by atoms with van der Waals surface area (Å²) in [6.45, 7) is 0.816. The Hall–Kier alpha value is -4.06. The minimum atomic E-state index is -0.414. The number of alkyl carbamates (subject to hydrolysis) is 1. The van der Waals surface area contributed by atoms with Gasteiger partial charge in [-0.25, -0.2) is 4.79 Å². The summed E-state index contributed by atoms with van der Waals surface area (Å²) < 4.78 is 11.0. The lowest BCUT2D eigenvalue weighted by molar-refractivity contribution is -0.118. The number of nitrogens with one attached hydrogen (secondary N) is 2. The number of anilines is 1. The molecule has 1 aliphatic heterocycles. The first-order valence-corrected chi connectivity index (χ1v) is 11.0. The first-order valence-electron chi connectivity index (χ1n) is 11.0. The van der Waals surface area contributed by atoms with E-state index in [1.165, 1.54) is 22.3 Å². The second-order valence-electron chi connectivity index (χ2n) is 8.04. The molecule has 2 N–H and O–H groups in total. The van der Waals surface area contributed by atoms with E-state index in [-0.39, 0.29) is 18.4 Å². The summed E-state index contributed by atoms with van der Waals surface area (Å²) in [5.41, 5.74) is 6.46. The van der Waals surface area contributed by atoms with Gasteiger partial charge in [-0.15, -0.1) is 0 Å². The number of benzene rings is 3.